The second-order valence-corrected chi connectivity index (χ2v) is 5.81. The summed E-state index contributed by atoms with van der Waals surface area (Å²) in [6.45, 7) is 7.39. The maximum atomic E-state index is 11.9. The van der Waals surface area contributed by atoms with Crippen molar-refractivity contribution < 1.29 is 19.2 Å². The van der Waals surface area contributed by atoms with Gasteiger partial charge in [0.15, 0.2) is 5.84 Å². The van der Waals surface area contributed by atoms with E-state index in [0.29, 0.717) is 17.0 Å². The molecule has 0 saturated carbocycles. The summed E-state index contributed by atoms with van der Waals surface area (Å²) >= 11 is 0. The maximum absolute atomic E-state index is 11.9. The lowest BCUT2D eigenvalue weighted by Crippen LogP contribution is -2.27. The molecule has 120 valence electrons. The van der Waals surface area contributed by atoms with Gasteiger partial charge in [0.25, 0.3) is 0 Å². The number of benzene rings is 1. The van der Waals surface area contributed by atoms with Gasteiger partial charge in [-0.3, -0.25) is 9.79 Å². The van der Waals surface area contributed by atoms with Crippen molar-refractivity contribution in [3.05, 3.63) is 34.9 Å². The van der Waals surface area contributed by atoms with Crippen LogP contribution in [0.5, 0.6) is 0 Å². The SMILES string of the molecule is CN=C(NOC(C)=O)c1cc(C(=O)OC)cc(C(C)(C)C)c1. The van der Waals surface area contributed by atoms with Crippen LogP contribution in [0.2, 0.25) is 0 Å². The minimum absolute atomic E-state index is 0.168. The maximum Gasteiger partial charge on any atom is 0.337 e. The first-order valence-corrected chi connectivity index (χ1v) is 6.83. The Labute approximate surface area is 130 Å². The van der Waals surface area contributed by atoms with Crippen molar-refractivity contribution in [1.29, 1.82) is 0 Å². The summed E-state index contributed by atoms with van der Waals surface area (Å²) < 4.78 is 4.79. The Morgan fingerprint density at radius 1 is 1.14 bits per heavy atom. The average Bonchev–Trinajstić information content (AvgIpc) is 2.45. The molecule has 0 radical (unpaired) electrons. The normalized spacial score (nSPS) is 11.8. The van der Waals surface area contributed by atoms with Crippen LogP contribution >= 0.6 is 0 Å². The van der Waals surface area contributed by atoms with Gasteiger partial charge in [-0.25, -0.2) is 10.3 Å². The molecule has 0 spiro atoms. The highest BCUT2D eigenvalue weighted by molar-refractivity contribution is 6.01. The van der Waals surface area contributed by atoms with Crippen LogP contribution in [-0.2, 0) is 19.8 Å². The third-order valence-corrected chi connectivity index (χ3v) is 3.01. The molecule has 1 rings (SSSR count). The highest BCUT2D eigenvalue weighted by atomic mass is 16.7. The summed E-state index contributed by atoms with van der Waals surface area (Å²) in [7, 11) is 2.89. The van der Waals surface area contributed by atoms with Crippen molar-refractivity contribution in [3.63, 3.8) is 0 Å². The zero-order valence-electron chi connectivity index (χ0n) is 13.8. The van der Waals surface area contributed by atoms with Crippen LogP contribution in [0.1, 0.15) is 49.2 Å². The van der Waals surface area contributed by atoms with Crippen molar-refractivity contribution in [3.8, 4) is 0 Å². The van der Waals surface area contributed by atoms with Crippen LogP contribution in [0, 0.1) is 0 Å². The molecule has 0 aromatic heterocycles. The summed E-state index contributed by atoms with van der Waals surface area (Å²) in [4.78, 5) is 31.6. The minimum atomic E-state index is -0.485. The first-order chi connectivity index (χ1) is 10.2. The number of amidine groups is 1. The number of carbonyl (C=O) groups excluding carboxylic acids is 2. The van der Waals surface area contributed by atoms with Crippen LogP contribution < -0.4 is 5.48 Å². The third kappa shape index (κ3) is 4.58. The molecular weight excluding hydrogens is 284 g/mol. The fourth-order valence-electron chi connectivity index (χ4n) is 1.79. The molecule has 0 heterocycles. The quantitative estimate of drug-likeness (QED) is 0.392. The van der Waals surface area contributed by atoms with Crippen LogP contribution in [0.25, 0.3) is 0 Å². The Balaban J connectivity index is 3.33. The first kappa shape index (κ1) is 17.7. The molecule has 0 aliphatic rings. The van der Waals surface area contributed by atoms with Gasteiger partial charge in [-0.05, 0) is 29.2 Å². The molecule has 6 heteroatoms. The van der Waals surface area contributed by atoms with E-state index in [4.69, 9.17) is 9.57 Å². The molecular formula is C16H22N2O4. The van der Waals surface area contributed by atoms with Crippen LogP contribution in [0.15, 0.2) is 23.2 Å². The van der Waals surface area contributed by atoms with E-state index in [1.54, 1.807) is 19.2 Å². The van der Waals surface area contributed by atoms with Crippen molar-refractivity contribution in [1.82, 2.24) is 5.48 Å². The molecule has 0 aliphatic carbocycles. The smallest absolute Gasteiger partial charge is 0.337 e. The Morgan fingerprint density at radius 3 is 2.18 bits per heavy atom. The van der Waals surface area contributed by atoms with Crippen LogP contribution in [-0.4, -0.2) is 31.9 Å². The lowest BCUT2D eigenvalue weighted by molar-refractivity contribution is -0.145. The molecule has 1 N–H and O–H groups in total. The number of hydrogen-bond acceptors (Lipinski definition) is 5. The average molecular weight is 306 g/mol. The topological polar surface area (TPSA) is 77.0 Å². The van der Waals surface area contributed by atoms with Crippen LogP contribution in [0.3, 0.4) is 0 Å². The molecule has 0 aliphatic heterocycles. The number of esters is 1. The molecule has 0 unspecified atom stereocenters. The summed E-state index contributed by atoms with van der Waals surface area (Å²) in [5.74, 6) is -0.567. The predicted octanol–water partition coefficient (Wildman–Crippen LogP) is 2.21. The van der Waals surface area contributed by atoms with E-state index in [9.17, 15) is 9.59 Å². The number of ether oxygens (including phenoxy) is 1. The number of rotatable bonds is 2. The number of methoxy groups -OCH3 is 1. The van der Waals surface area contributed by atoms with Gasteiger partial charge in [-0.1, -0.05) is 20.8 Å². The van der Waals surface area contributed by atoms with Gasteiger partial charge in [-0.2, -0.15) is 0 Å². The molecule has 0 bridgehead atoms. The number of nitrogens with one attached hydrogen (secondary N) is 1. The molecule has 0 atom stereocenters. The van der Waals surface area contributed by atoms with E-state index in [2.05, 4.69) is 10.5 Å². The number of hydrogen-bond donors (Lipinski definition) is 1. The van der Waals surface area contributed by atoms with Crippen molar-refractivity contribution in [2.24, 2.45) is 4.99 Å². The Bertz CT molecular complexity index is 601. The van der Waals surface area contributed by atoms with Gasteiger partial charge >= 0.3 is 11.9 Å². The van der Waals surface area contributed by atoms with Crippen molar-refractivity contribution in [2.75, 3.05) is 14.2 Å². The highest BCUT2D eigenvalue weighted by Gasteiger charge is 2.19. The lowest BCUT2D eigenvalue weighted by Gasteiger charge is -2.21. The largest absolute Gasteiger partial charge is 0.465 e. The van der Waals surface area contributed by atoms with E-state index in [1.807, 2.05) is 26.8 Å². The number of aliphatic imine (C=N–C) groups is 1. The van der Waals surface area contributed by atoms with Gasteiger partial charge in [0.2, 0.25) is 0 Å². The predicted molar refractivity (Wildman–Crippen MR) is 83.8 cm³/mol. The van der Waals surface area contributed by atoms with E-state index < -0.39 is 11.9 Å². The Hall–Kier alpha value is -2.37. The van der Waals surface area contributed by atoms with Crippen molar-refractivity contribution in [2.45, 2.75) is 33.1 Å². The summed E-state index contributed by atoms with van der Waals surface area (Å²) in [5.41, 5.74) is 4.32. The van der Waals surface area contributed by atoms with Crippen LogP contribution in [0.4, 0.5) is 0 Å². The van der Waals surface area contributed by atoms with E-state index in [1.165, 1.54) is 14.0 Å². The number of carbonyl (C=O) groups is 2. The molecule has 1 aromatic rings. The molecule has 1 aromatic carbocycles. The third-order valence-electron chi connectivity index (χ3n) is 3.01. The Kier molecular flexibility index (Phi) is 5.68. The molecule has 22 heavy (non-hydrogen) atoms. The van der Waals surface area contributed by atoms with E-state index >= 15 is 0 Å². The highest BCUT2D eigenvalue weighted by Crippen LogP contribution is 2.25. The number of hydroxylamine groups is 1. The second-order valence-electron chi connectivity index (χ2n) is 5.81. The first-order valence-electron chi connectivity index (χ1n) is 6.83. The summed E-state index contributed by atoms with van der Waals surface area (Å²) in [5, 5.41) is 0. The molecule has 0 amide bonds. The van der Waals surface area contributed by atoms with Gasteiger partial charge in [0.1, 0.15) is 0 Å². The van der Waals surface area contributed by atoms with E-state index in [0.717, 1.165) is 5.56 Å². The lowest BCUT2D eigenvalue weighted by atomic mass is 9.85. The molecule has 6 nitrogen and oxygen atoms in total. The van der Waals surface area contributed by atoms with Gasteiger partial charge in [0.05, 0.1) is 12.7 Å². The van der Waals surface area contributed by atoms with E-state index in [-0.39, 0.29) is 5.41 Å². The monoisotopic (exact) mass is 306 g/mol. The zero-order valence-corrected chi connectivity index (χ0v) is 13.8. The van der Waals surface area contributed by atoms with Gasteiger partial charge in [-0.15, -0.1) is 0 Å². The Morgan fingerprint density at radius 2 is 1.73 bits per heavy atom. The van der Waals surface area contributed by atoms with Gasteiger partial charge in [0, 0.05) is 19.5 Å². The summed E-state index contributed by atoms with van der Waals surface area (Å²) in [6, 6.07) is 5.32. The molecule has 0 saturated heterocycles. The summed E-state index contributed by atoms with van der Waals surface area (Å²) in [6.07, 6.45) is 0. The second kappa shape index (κ2) is 7.06. The minimum Gasteiger partial charge on any atom is -0.465 e. The standard InChI is InChI=1S/C16H22N2O4/c1-10(19)22-18-14(17-5)11-7-12(15(20)21-6)9-13(8-11)16(2,3)4/h7-9H,1-6H3,(H,17,18). The van der Waals surface area contributed by atoms with Crippen molar-refractivity contribution >= 4 is 17.8 Å². The fourth-order valence-corrected chi connectivity index (χ4v) is 1.79. The zero-order chi connectivity index (χ0) is 16.9. The van der Waals surface area contributed by atoms with Gasteiger partial charge < -0.3 is 9.57 Å². The fraction of sp³-hybridized carbons (Fsp3) is 0.438. The number of nitrogens with zero attached hydrogens (tertiary/aromatic N) is 1. The molecule has 0 fully saturated rings.